The van der Waals surface area contributed by atoms with E-state index in [2.05, 4.69) is 51.3 Å². The van der Waals surface area contributed by atoms with Crippen molar-refractivity contribution in [3.63, 3.8) is 0 Å². The minimum absolute atomic E-state index is 0.0700. The lowest BCUT2D eigenvalue weighted by molar-refractivity contribution is -0.282. The number of allylic oxidation sites excluding steroid dienone is 1. The highest BCUT2D eigenvalue weighted by atomic mass is 16.7. The average Bonchev–Trinajstić information content (AvgIpc) is 3.55. The summed E-state index contributed by atoms with van der Waals surface area (Å²) in [5.74, 6) is 4.36. The fourth-order valence-electron chi connectivity index (χ4n) is 11.8. The lowest BCUT2D eigenvalue weighted by Gasteiger charge is -2.58. The number of rotatable bonds is 22. The minimum atomic E-state index is -1.17. The molecule has 5 aliphatic rings. The lowest BCUT2D eigenvalue weighted by atomic mass is 9.47. The van der Waals surface area contributed by atoms with E-state index >= 15 is 0 Å². The number of hydrogen-bond acceptors (Lipinski definition) is 10. The quantitative estimate of drug-likeness (QED) is 0.0599. The van der Waals surface area contributed by atoms with E-state index in [1.54, 1.807) is 6.92 Å². The van der Waals surface area contributed by atoms with Crippen LogP contribution in [0.15, 0.2) is 11.6 Å². The van der Waals surface area contributed by atoms with Crippen LogP contribution in [0.25, 0.3) is 0 Å². The molecule has 1 saturated heterocycles. The minimum Gasteiger partial charge on any atom is -0.446 e. The van der Waals surface area contributed by atoms with Gasteiger partial charge < -0.3 is 49.6 Å². The van der Waals surface area contributed by atoms with Gasteiger partial charge in [0.25, 0.3) is 0 Å². The zero-order valence-corrected chi connectivity index (χ0v) is 36.8. The molecular weight excluding hydrogens is 741 g/mol. The van der Waals surface area contributed by atoms with E-state index in [1.165, 1.54) is 56.9 Å². The zero-order valence-electron chi connectivity index (χ0n) is 36.8. The Bertz CT molecular complexity index is 1310. The first-order valence-corrected chi connectivity index (χ1v) is 23.1. The molecule has 4 fully saturated rings. The summed E-state index contributed by atoms with van der Waals surface area (Å²) < 4.78 is 28.4. The standard InChI is InChI=1S/C46H80N2O10/c1-30(2)10-7-11-31(3)36-15-16-37-35-14-13-33-28-34(17-19-45(33,5)38(35)18-20-46(36,37)6)57-44(53)48-22-25-55-27-26-54-23-9-21-47-40(50)12-8-24-56-43-32(4)41(51)42(52)39(29-49)58-43/h13,30-32,34-39,41-43,49,51-52H,7-12,14-29H2,1-6H3,(H,47,50)(H,48,53)/t31-,32?,34?,35?,36-,37?,38?,39?,41?,42?,43?,45+,46-/m0/s1. The Kier molecular flexibility index (Phi) is 18.2. The molecule has 4 aliphatic carbocycles. The first kappa shape index (κ1) is 47.3. The third kappa shape index (κ3) is 12.0. The van der Waals surface area contributed by atoms with Gasteiger partial charge in [0.1, 0.15) is 18.3 Å². The maximum absolute atomic E-state index is 12.7. The van der Waals surface area contributed by atoms with Crippen molar-refractivity contribution in [3.05, 3.63) is 11.6 Å². The van der Waals surface area contributed by atoms with Gasteiger partial charge in [0, 0.05) is 38.5 Å². The van der Waals surface area contributed by atoms with Crippen molar-refractivity contribution in [3.8, 4) is 0 Å². The monoisotopic (exact) mass is 821 g/mol. The Morgan fingerprint density at radius 1 is 0.879 bits per heavy atom. The van der Waals surface area contributed by atoms with E-state index < -0.39 is 37.1 Å². The number of hydrogen-bond donors (Lipinski definition) is 5. The number of aliphatic hydroxyl groups excluding tert-OH is 3. The summed E-state index contributed by atoms with van der Waals surface area (Å²) in [5, 5.41) is 35.1. The molecule has 58 heavy (non-hydrogen) atoms. The molecule has 12 heteroatoms. The number of aliphatic hydroxyl groups is 3. The lowest BCUT2D eigenvalue weighted by Crippen LogP contribution is -2.55. The molecule has 0 spiro atoms. The van der Waals surface area contributed by atoms with E-state index in [4.69, 9.17) is 23.7 Å². The molecule has 2 amide bonds. The molecule has 1 aliphatic heterocycles. The van der Waals surface area contributed by atoms with Gasteiger partial charge in [-0.25, -0.2) is 4.79 Å². The predicted molar refractivity (Wildman–Crippen MR) is 223 cm³/mol. The number of amides is 2. The number of fused-ring (bicyclic) bond motifs is 5. The predicted octanol–water partition coefficient (Wildman–Crippen LogP) is 6.53. The molecule has 5 rings (SSSR count). The Hall–Kier alpha value is -1.80. The molecule has 334 valence electrons. The molecule has 0 aromatic rings. The molecule has 1 heterocycles. The van der Waals surface area contributed by atoms with E-state index in [-0.39, 0.29) is 36.5 Å². The molecule has 0 aromatic carbocycles. The molecule has 9 unspecified atom stereocenters. The van der Waals surface area contributed by atoms with Gasteiger partial charge in [0.15, 0.2) is 6.29 Å². The van der Waals surface area contributed by atoms with Crippen molar-refractivity contribution in [2.75, 3.05) is 52.7 Å². The second-order valence-corrected chi connectivity index (χ2v) is 19.5. The van der Waals surface area contributed by atoms with Crippen LogP contribution in [0.5, 0.6) is 0 Å². The van der Waals surface area contributed by atoms with Crippen molar-refractivity contribution in [1.29, 1.82) is 0 Å². The number of alkyl carbamates (subject to hydrolysis) is 1. The SMILES string of the molecule is CC(C)CCC[C@H](C)[C@@H]1CCC2C3CC=C4CC(OC(=O)NCCOCCOCCCNC(=O)CCCOC5OC(CO)C(O)C(O)C5C)CC[C@@]4(C)C3CC[C@]21C. The van der Waals surface area contributed by atoms with Crippen LogP contribution < -0.4 is 10.6 Å². The van der Waals surface area contributed by atoms with Crippen molar-refractivity contribution in [1.82, 2.24) is 10.6 Å². The molecule has 13 atom stereocenters. The zero-order chi connectivity index (χ0) is 41.9. The van der Waals surface area contributed by atoms with Crippen LogP contribution in [-0.4, -0.2) is 111 Å². The molecule has 0 bridgehead atoms. The van der Waals surface area contributed by atoms with Crippen molar-refractivity contribution in [2.24, 2.45) is 52.3 Å². The summed E-state index contributed by atoms with van der Waals surface area (Å²) in [5.41, 5.74) is 2.27. The summed E-state index contributed by atoms with van der Waals surface area (Å²) in [7, 11) is 0. The summed E-state index contributed by atoms with van der Waals surface area (Å²) >= 11 is 0. The fourth-order valence-corrected chi connectivity index (χ4v) is 11.8. The average molecular weight is 821 g/mol. The van der Waals surface area contributed by atoms with Crippen LogP contribution in [0.2, 0.25) is 0 Å². The van der Waals surface area contributed by atoms with Crippen LogP contribution in [0.1, 0.15) is 131 Å². The third-order valence-corrected chi connectivity index (χ3v) is 15.2. The van der Waals surface area contributed by atoms with Gasteiger partial charge >= 0.3 is 6.09 Å². The van der Waals surface area contributed by atoms with E-state index in [1.807, 2.05) is 0 Å². The Morgan fingerprint density at radius 3 is 2.41 bits per heavy atom. The summed E-state index contributed by atoms with van der Waals surface area (Å²) in [6.07, 6.45) is 13.4. The van der Waals surface area contributed by atoms with Crippen molar-refractivity contribution < 1.29 is 48.6 Å². The Balaban J connectivity index is 0.874. The van der Waals surface area contributed by atoms with E-state index in [0.717, 1.165) is 54.8 Å². The Morgan fingerprint density at radius 2 is 1.66 bits per heavy atom. The van der Waals surface area contributed by atoms with Crippen LogP contribution >= 0.6 is 0 Å². The van der Waals surface area contributed by atoms with Gasteiger partial charge in [-0.1, -0.05) is 72.5 Å². The Labute approximate surface area is 349 Å². The van der Waals surface area contributed by atoms with E-state index in [9.17, 15) is 24.9 Å². The van der Waals surface area contributed by atoms with Gasteiger partial charge in [0.05, 0.1) is 39.1 Å². The topological polar surface area (TPSA) is 165 Å². The normalized spacial score (nSPS) is 36.3. The van der Waals surface area contributed by atoms with Gasteiger partial charge in [-0.15, -0.1) is 0 Å². The van der Waals surface area contributed by atoms with Crippen LogP contribution in [0.4, 0.5) is 4.79 Å². The fraction of sp³-hybridized carbons (Fsp3) is 0.913. The molecule has 0 radical (unpaired) electrons. The van der Waals surface area contributed by atoms with Crippen LogP contribution in [-0.2, 0) is 28.5 Å². The van der Waals surface area contributed by atoms with Gasteiger partial charge in [-0.2, -0.15) is 0 Å². The van der Waals surface area contributed by atoms with Crippen molar-refractivity contribution >= 4 is 12.0 Å². The maximum Gasteiger partial charge on any atom is 0.407 e. The maximum atomic E-state index is 12.7. The smallest absolute Gasteiger partial charge is 0.407 e. The highest BCUT2D eigenvalue weighted by Gasteiger charge is 2.59. The molecule has 12 nitrogen and oxygen atoms in total. The molecule has 0 aromatic heterocycles. The third-order valence-electron chi connectivity index (χ3n) is 15.2. The summed E-state index contributed by atoms with van der Waals surface area (Å²) in [6, 6.07) is 0. The molecule has 5 N–H and O–H groups in total. The van der Waals surface area contributed by atoms with Gasteiger partial charge in [-0.05, 0) is 104 Å². The highest BCUT2D eigenvalue weighted by Crippen LogP contribution is 2.67. The summed E-state index contributed by atoms with van der Waals surface area (Å²) in [4.78, 5) is 24.9. The second-order valence-electron chi connectivity index (χ2n) is 19.5. The number of carbonyl (C=O) groups is 2. The molecule has 3 saturated carbocycles. The summed E-state index contributed by atoms with van der Waals surface area (Å²) in [6.45, 7) is 16.6. The molecular formula is C46H80N2O10. The first-order chi connectivity index (χ1) is 27.8. The van der Waals surface area contributed by atoms with Gasteiger partial charge in [-0.3, -0.25) is 4.79 Å². The van der Waals surface area contributed by atoms with Crippen molar-refractivity contribution in [2.45, 2.75) is 162 Å². The number of carbonyl (C=O) groups excluding carboxylic acids is 2. The highest BCUT2D eigenvalue weighted by molar-refractivity contribution is 5.75. The first-order valence-electron chi connectivity index (χ1n) is 23.1. The van der Waals surface area contributed by atoms with Crippen LogP contribution in [0.3, 0.4) is 0 Å². The van der Waals surface area contributed by atoms with Gasteiger partial charge in [0.2, 0.25) is 5.91 Å². The van der Waals surface area contributed by atoms with E-state index in [0.29, 0.717) is 57.8 Å². The second kappa shape index (κ2) is 22.3. The number of nitrogens with one attached hydrogen (secondary N) is 2. The van der Waals surface area contributed by atoms with Crippen LogP contribution in [0, 0.1) is 52.3 Å². The largest absolute Gasteiger partial charge is 0.446 e. The number of ether oxygens (including phenoxy) is 5.